The maximum Gasteiger partial charge on any atom is 0.387 e. The molecule has 35 heavy (non-hydrogen) atoms. The van der Waals surface area contributed by atoms with Gasteiger partial charge in [-0.3, -0.25) is 0 Å². The molecule has 0 aliphatic heterocycles. The van der Waals surface area contributed by atoms with Gasteiger partial charge in [0.2, 0.25) is 0 Å². The van der Waals surface area contributed by atoms with Crippen LogP contribution in [0.5, 0.6) is 5.75 Å². The van der Waals surface area contributed by atoms with Gasteiger partial charge >= 0.3 is 6.61 Å². The number of hydrogen-bond donors (Lipinski definition) is 0. The molecule has 0 saturated carbocycles. The van der Waals surface area contributed by atoms with Crippen molar-refractivity contribution in [2.75, 3.05) is 13.7 Å². The second-order valence-electron chi connectivity index (χ2n) is 8.41. The molecule has 0 bridgehead atoms. The summed E-state index contributed by atoms with van der Waals surface area (Å²) < 4.78 is 64.0. The maximum atomic E-state index is 15.2. The number of halogens is 4. The highest BCUT2D eigenvalue weighted by molar-refractivity contribution is 5.88. The molecule has 4 aromatic rings. The molecular formula is C29H26F4O2. The first-order chi connectivity index (χ1) is 16.9. The van der Waals surface area contributed by atoms with Crippen molar-refractivity contribution in [1.82, 2.24) is 0 Å². The largest absolute Gasteiger partial charge is 0.435 e. The summed E-state index contributed by atoms with van der Waals surface area (Å²) in [6.07, 6.45) is 2.57. The van der Waals surface area contributed by atoms with E-state index in [2.05, 4.69) is 4.74 Å². The van der Waals surface area contributed by atoms with Crippen molar-refractivity contribution in [3.63, 3.8) is 0 Å². The Hall–Kier alpha value is -3.38. The number of alkyl halides is 2. The predicted molar refractivity (Wildman–Crippen MR) is 130 cm³/mol. The molecule has 0 N–H and O–H groups in total. The number of fused-ring (bicyclic) bond motifs is 1. The van der Waals surface area contributed by atoms with Crippen molar-refractivity contribution in [3.8, 4) is 16.9 Å². The van der Waals surface area contributed by atoms with Crippen LogP contribution in [0, 0.1) is 11.6 Å². The highest BCUT2D eigenvalue weighted by atomic mass is 19.3. The van der Waals surface area contributed by atoms with Gasteiger partial charge < -0.3 is 9.47 Å². The van der Waals surface area contributed by atoms with Crippen molar-refractivity contribution in [1.29, 1.82) is 0 Å². The summed E-state index contributed by atoms with van der Waals surface area (Å²) in [6, 6.07) is 20.4. The van der Waals surface area contributed by atoms with Crippen LogP contribution in [0.15, 0.2) is 72.8 Å². The van der Waals surface area contributed by atoms with Crippen LogP contribution in [-0.2, 0) is 24.0 Å². The van der Waals surface area contributed by atoms with E-state index in [1.165, 1.54) is 12.1 Å². The van der Waals surface area contributed by atoms with E-state index in [4.69, 9.17) is 4.74 Å². The number of rotatable bonds is 10. The summed E-state index contributed by atoms with van der Waals surface area (Å²) in [5.74, 6) is -0.518. The number of aryl methyl sites for hydroxylation is 3. The molecular weight excluding hydrogens is 456 g/mol. The Morgan fingerprint density at radius 3 is 2.26 bits per heavy atom. The second kappa shape index (κ2) is 11.4. The SMILES string of the molecule is COCCCc1ccc(-c2ccc3c(F)c(CCc4ccc(OC(F)F)cc4)ccc3c2)c(F)c1. The molecule has 0 fully saturated rings. The molecule has 0 unspecified atom stereocenters. The van der Waals surface area contributed by atoms with E-state index in [0.717, 1.165) is 24.0 Å². The zero-order valence-electron chi connectivity index (χ0n) is 19.4. The molecule has 0 amide bonds. The highest BCUT2D eigenvalue weighted by Gasteiger charge is 2.12. The zero-order chi connectivity index (χ0) is 24.8. The van der Waals surface area contributed by atoms with Crippen LogP contribution in [0.2, 0.25) is 0 Å². The van der Waals surface area contributed by atoms with Crippen molar-refractivity contribution < 1.29 is 27.0 Å². The van der Waals surface area contributed by atoms with Crippen molar-refractivity contribution >= 4 is 10.8 Å². The fourth-order valence-electron chi connectivity index (χ4n) is 4.18. The molecule has 2 nitrogen and oxygen atoms in total. The molecule has 0 spiro atoms. The summed E-state index contributed by atoms with van der Waals surface area (Å²) in [4.78, 5) is 0. The van der Waals surface area contributed by atoms with Gasteiger partial charge in [0.25, 0.3) is 0 Å². The van der Waals surface area contributed by atoms with Crippen molar-refractivity contribution in [3.05, 3.63) is 101 Å². The van der Waals surface area contributed by atoms with Crippen LogP contribution in [0.25, 0.3) is 21.9 Å². The lowest BCUT2D eigenvalue weighted by Crippen LogP contribution is -2.02. The molecule has 0 saturated heterocycles. The third kappa shape index (κ3) is 6.20. The molecule has 0 atom stereocenters. The molecule has 0 radical (unpaired) electrons. The molecule has 6 heteroatoms. The number of hydrogen-bond acceptors (Lipinski definition) is 2. The van der Waals surface area contributed by atoms with E-state index < -0.39 is 6.61 Å². The van der Waals surface area contributed by atoms with Crippen LogP contribution in [-0.4, -0.2) is 20.3 Å². The molecule has 0 heterocycles. The number of ether oxygens (including phenoxy) is 2. The second-order valence-corrected chi connectivity index (χ2v) is 8.41. The van der Waals surface area contributed by atoms with Crippen molar-refractivity contribution in [2.45, 2.75) is 32.3 Å². The Bertz CT molecular complexity index is 1290. The van der Waals surface area contributed by atoms with E-state index >= 15 is 4.39 Å². The minimum atomic E-state index is -2.87. The van der Waals surface area contributed by atoms with Crippen molar-refractivity contribution in [2.24, 2.45) is 0 Å². The van der Waals surface area contributed by atoms with Gasteiger partial charge in [0.05, 0.1) is 0 Å². The third-order valence-electron chi connectivity index (χ3n) is 6.02. The Morgan fingerprint density at radius 2 is 1.54 bits per heavy atom. The molecule has 4 aromatic carbocycles. The summed E-state index contributed by atoms with van der Waals surface area (Å²) in [5, 5.41) is 1.17. The average Bonchev–Trinajstić information content (AvgIpc) is 2.84. The molecule has 0 aliphatic rings. The molecule has 4 rings (SSSR count). The summed E-state index contributed by atoms with van der Waals surface area (Å²) in [5.41, 5.74) is 3.53. The van der Waals surface area contributed by atoms with Gasteiger partial charge in [-0.2, -0.15) is 8.78 Å². The van der Waals surface area contributed by atoms with Crippen LogP contribution >= 0.6 is 0 Å². The van der Waals surface area contributed by atoms with E-state index in [1.807, 2.05) is 12.1 Å². The van der Waals surface area contributed by atoms with Crippen LogP contribution in [0.4, 0.5) is 17.6 Å². The van der Waals surface area contributed by atoms with Gasteiger partial charge in [-0.25, -0.2) is 8.78 Å². The molecule has 0 aromatic heterocycles. The van der Waals surface area contributed by atoms with Gasteiger partial charge in [0, 0.05) is 24.7 Å². The summed E-state index contributed by atoms with van der Waals surface area (Å²) in [6.45, 7) is -2.24. The summed E-state index contributed by atoms with van der Waals surface area (Å²) in [7, 11) is 1.64. The monoisotopic (exact) mass is 482 g/mol. The standard InChI is InChI=1S/C29H26F4O2/c1-34-16-2-3-20-7-14-25(27(30)17-20)22-11-15-26-23(18-22)10-9-21(28(26)31)8-4-19-5-12-24(13-6-19)35-29(32)33/h5-7,9-15,17-18,29H,2-4,8,16H2,1H3. The quantitative estimate of drug-likeness (QED) is 0.170. The lowest BCUT2D eigenvalue weighted by atomic mass is 9.96. The first-order valence-corrected chi connectivity index (χ1v) is 11.5. The Labute approximate surface area is 202 Å². The van der Waals surface area contributed by atoms with Gasteiger partial charge in [0.15, 0.2) is 0 Å². The van der Waals surface area contributed by atoms with Gasteiger partial charge in [-0.1, -0.05) is 48.5 Å². The predicted octanol–water partition coefficient (Wildman–Crippen LogP) is 7.75. The normalized spacial score (nSPS) is 11.4. The van der Waals surface area contributed by atoms with Crippen LogP contribution < -0.4 is 4.74 Å². The lowest BCUT2D eigenvalue weighted by molar-refractivity contribution is -0.0498. The van der Waals surface area contributed by atoms with Crippen LogP contribution in [0.1, 0.15) is 23.1 Å². The highest BCUT2D eigenvalue weighted by Crippen LogP contribution is 2.30. The minimum absolute atomic E-state index is 0.0913. The van der Waals surface area contributed by atoms with Gasteiger partial charge in [0.1, 0.15) is 17.4 Å². The average molecular weight is 483 g/mol. The zero-order valence-corrected chi connectivity index (χ0v) is 19.4. The maximum absolute atomic E-state index is 15.2. The van der Waals surface area contributed by atoms with Crippen LogP contribution in [0.3, 0.4) is 0 Å². The molecule has 182 valence electrons. The smallest absolute Gasteiger partial charge is 0.387 e. The Balaban J connectivity index is 1.48. The Morgan fingerprint density at radius 1 is 0.771 bits per heavy atom. The number of benzene rings is 4. The fraction of sp³-hybridized carbons (Fsp3) is 0.241. The van der Waals surface area contributed by atoms with Gasteiger partial charge in [-0.05, 0) is 77.6 Å². The fourth-order valence-corrected chi connectivity index (χ4v) is 4.18. The van der Waals surface area contributed by atoms with E-state index in [9.17, 15) is 13.2 Å². The first-order valence-electron chi connectivity index (χ1n) is 11.5. The van der Waals surface area contributed by atoms with Gasteiger partial charge in [-0.15, -0.1) is 0 Å². The first kappa shape index (κ1) is 24.7. The minimum Gasteiger partial charge on any atom is -0.435 e. The topological polar surface area (TPSA) is 18.5 Å². The number of methoxy groups -OCH3 is 1. The third-order valence-corrected chi connectivity index (χ3v) is 6.02. The summed E-state index contributed by atoms with van der Waals surface area (Å²) >= 11 is 0. The van der Waals surface area contributed by atoms with E-state index in [-0.39, 0.29) is 17.4 Å². The Kier molecular flexibility index (Phi) is 8.03. The lowest BCUT2D eigenvalue weighted by Gasteiger charge is -2.11. The van der Waals surface area contributed by atoms with E-state index in [1.54, 1.807) is 55.6 Å². The molecule has 0 aliphatic carbocycles. The van der Waals surface area contributed by atoms with E-state index in [0.29, 0.717) is 46.9 Å².